The van der Waals surface area contributed by atoms with Gasteiger partial charge in [-0.25, -0.2) is 9.37 Å². The highest BCUT2D eigenvalue weighted by Gasteiger charge is 2.08. The Labute approximate surface area is 115 Å². The van der Waals surface area contributed by atoms with Crippen molar-refractivity contribution in [3.63, 3.8) is 0 Å². The number of nitrogen functional groups attached to an aromatic ring is 1. The van der Waals surface area contributed by atoms with Crippen LogP contribution in [0.2, 0.25) is 0 Å². The van der Waals surface area contributed by atoms with Crippen molar-refractivity contribution in [1.82, 2.24) is 9.97 Å². The molecule has 0 spiro atoms. The highest BCUT2D eigenvalue weighted by molar-refractivity contribution is 5.91. The summed E-state index contributed by atoms with van der Waals surface area (Å²) in [7, 11) is 0. The molecule has 0 fully saturated rings. The van der Waals surface area contributed by atoms with Crippen LogP contribution in [-0.2, 0) is 0 Å². The van der Waals surface area contributed by atoms with Gasteiger partial charge < -0.3 is 11.1 Å². The topological polar surface area (TPSA) is 63.8 Å². The van der Waals surface area contributed by atoms with E-state index in [1.165, 1.54) is 6.07 Å². The summed E-state index contributed by atoms with van der Waals surface area (Å²) < 4.78 is 13.9. The van der Waals surface area contributed by atoms with Gasteiger partial charge in [0, 0.05) is 5.39 Å². The van der Waals surface area contributed by atoms with Crippen LogP contribution in [0.25, 0.3) is 10.9 Å². The molecule has 3 N–H and O–H groups in total. The predicted octanol–water partition coefficient (Wildman–Crippen LogP) is 3.40. The van der Waals surface area contributed by atoms with Crippen molar-refractivity contribution in [2.75, 3.05) is 11.1 Å². The smallest absolute Gasteiger partial charge is 0.222 e. The fraction of sp³-hybridized carbons (Fsp3) is 0.0667. The van der Waals surface area contributed by atoms with Gasteiger partial charge in [0.25, 0.3) is 0 Å². The fourth-order valence-electron chi connectivity index (χ4n) is 2.04. The van der Waals surface area contributed by atoms with Gasteiger partial charge in [-0.1, -0.05) is 18.2 Å². The molecule has 2 aromatic carbocycles. The van der Waals surface area contributed by atoms with Crippen molar-refractivity contribution >= 4 is 28.4 Å². The first-order chi connectivity index (χ1) is 9.63. The number of hydrogen-bond acceptors (Lipinski definition) is 4. The van der Waals surface area contributed by atoms with Gasteiger partial charge in [0.2, 0.25) is 5.95 Å². The summed E-state index contributed by atoms with van der Waals surface area (Å²) in [4.78, 5) is 8.30. The maximum Gasteiger partial charge on any atom is 0.222 e. The average molecular weight is 268 g/mol. The molecule has 0 saturated heterocycles. The number of nitrogens with two attached hydrogens (primary N) is 1. The zero-order valence-corrected chi connectivity index (χ0v) is 10.9. The van der Waals surface area contributed by atoms with Gasteiger partial charge in [-0.2, -0.15) is 4.98 Å². The van der Waals surface area contributed by atoms with Crippen molar-refractivity contribution in [2.24, 2.45) is 0 Å². The van der Waals surface area contributed by atoms with E-state index in [1.54, 1.807) is 6.07 Å². The molecule has 3 rings (SSSR count). The minimum absolute atomic E-state index is 0.152. The molecule has 4 nitrogen and oxygen atoms in total. The Balaban J connectivity index is 2.10. The Kier molecular flexibility index (Phi) is 2.95. The maximum absolute atomic E-state index is 13.9. The Bertz CT molecular complexity index is 786. The summed E-state index contributed by atoms with van der Waals surface area (Å²) >= 11 is 0. The van der Waals surface area contributed by atoms with Gasteiger partial charge in [0.1, 0.15) is 11.6 Å². The van der Waals surface area contributed by atoms with Crippen molar-refractivity contribution in [1.29, 1.82) is 0 Å². The normalized spacial score (nSPS) is 10.7. The molecule has 0 bridgehead atoms. The molecule has 0 aliphatic heterocycles. The van der Waals surface area contributed by atoms with E-state index in [0.29, 0.717) is 11.5 Å². The number of nitrogens with one attached hydrogen (secondary N) is 1. The Morgan fingerprint density at radius 3 is 2.70 bits per heavy atom. The molecular weight excluding hydrogens is 255 g/mol. The van der Waals surface area contributed by atoms with Crippen LogP contribution in [0.15, 0.2) is 42.5 Å². The van der Waals surface area contributed by atoms with Gasteiger partial charge in [-0.05, 0) is 36.8 Å². The second-order valence-electron chi connectivity index (χ2n) is 4.56. The van der Waals surface area contributed by atoms with Crippen molar-refractivity contribution in [2.45, 2.75) is 6.92 Å². The molecule has 0 atom stereocenters. The molecule has 0 amide bonds. The second-order valence-corrected chi connectivity index (χ2v) is 4.56. The largest absolute Gasteiger partial charge is 0.368 e. The van der Waals surface area contributed by atoms with Crippen LogP contribution in [0.3, 0.4) is 0 Å². The number of benzene rings is 2. The summed E-state index contributed by atoms with van der Waals surface area (Å²) in [6.45, 7) is 1.84. The minimum Gasteiger partial charge on any atom is -0.368 e. The van der Waals surface area contributed by atoms with E-state index in [-0.39, 0.29) is 11.8 Å². The second kappa shape index (κ2) is 4.77. The van der Waals surface area contributed by atoms with Crippen LogP contribution in [-0.4, -0.2) is 9.97 Å². The summed E-state index contributed by atoms with van der Waals surface area (Å²) in [5.41, 5.74) is 7.62. The van der Waals surface area contributed by atoms with Crippen LogP contribution in [0.1, 0.15) is 5.56 Å². The van der Waals surface area contributed by atoms with E-state index in [1.807, 2.05) is 37.3 Å². The van der Waals surface area contributed by atoms with E-state index < -0.39 is 0 Å². The van der Waals surface area contributed by atoms with E-state index in [4.69, 9.17) is 5.73 Å². The van der Waals surface area contributed by atoms with Crippen LogP contribution < -0.4 is 11.1 Å². The van der Waals surface area contributed by atoms with Crippen molar-refractivity contribution < 1.29 is 4.39 Å². The van der Waals surface area contributed by atoms with Crippen LogP contribution in [0.4, 0.5) is 21.8 Å². The third-order valence-corrected chi connectivity index (χ3v) is 3.00. The zero-order valence-electron chi connectivity index (χ0n) is 10.9. The van der Waals surface area contributed by atoms with E-state index in [0.717, 1.165) is 16.5 Å². The third kappa shape index (κ3) is 2.25. The summed E-state index contributed by atoms with van der Waals surface area (Å²) in [5, 5.41) is 3.77. The number of fused-ring (bicyclic) bond motifs is 1. The fourth-order valence-corrected chi connectivity index (χ4v) is 2.04. The maximum atomic E-state index is 13.9. The average Bonchev–Trinajstić information content (AvgIpc) is 2.41. The lowest BCUT2D eigenvalue weighted by molar-refractivity contribution is 0.630. The molecule has 0 aliphatic carbocycles. The van der Waals surface area contributed by atoms with E-state index >= 15 is 0 Å². The molecule has 0 unspecified atom stereocenters. The molecule has 20 heavy (non-hydrogen) atoms. The van der Waals surface area contributed by atoms with Gasteiger partial charge in [0.05, 0.1) is 11.2 Å². The highest BCUT2D eigenvalue weighted by atomic mass is 19.1. The molecule has 0 aliphatic rings. The molecule has 100 valence electrons. The van der Waals surface area contributed by atoms with Gasteiger partial charge in [-0.15, -0.1) is 0 Å². The number of aryl methyl sites for hydroxylation is 1. The quantitative estimate of drug-likeness (QED) is 0.747. The van der Waals surface area contributed by atoms with Crippen LogP contribution >= 0.6 is 0 Å². The first kappa shape index (κ1) is 12.3. The lowest BCUT2D eigenvalue weighted by atomic mass is 10.2. The molecule has 1 heterocycles. The molecule has 3 aromatic rings. The number of para-hydroxylation sites is 1. The molecule has 1 aromatic heterocycles. The van der Waals surface area contributed by atoms with Crippen molar-refractivity contribution in [3.05, 3.63) is 53.8 Å². The number of anilines is 3. The van der Waals surface area contributed by atoms with E-state index in [9.17, 15) is 4.39 Å². The number of aromatic nitrogens is 2. The molecule has 0 saturated carbocycles. The molecular formula is C15H13FN4. The van der Waals surface area contributed by atoms with Crippen molar-refractivity contribution in [3.8, 4) is 0 Å². The highest BCUT2D eigenvalue weighted by Crippen LogP contribution is 2.26. The standard InChI is InChI=1S/C15H13FN4/c1-9-6-7-13(11(16)8-9)18-14-10-4-2-3-5-12(10)19-15(17)20-14/h2-8H,1H3,(H3,17,18,19,20). The minimum atomic E-state index is -0.328. The molecule has 0 radical (unpaired) electrons. The number of hydrogen-bond donors (Lipinski definition) is 2. The van der Waals surface area contributed by atoms with Crippen LogP contribution in [0, 0.1) is 12.7 Å². The Hall–Kier alpha value is -2.69. The zero-order chi connectivity index (χ0) is 14.1. The lowest BCUT2D eigenvalue weighted by Gasteiger charge is -2.10. The van der Waals surface area contributed by atoms with Crippen LogP contribution in [0.5, 0.6) is 0 Å². The summed E-state index contributed by atoms with van der Waals surface area (Å²) in [5.74, 6) is 0.320. The summed E-state index contributed by atoms with van der Waals surface area (Å²) in [6.07, 6.45) is 0. The Morgan fingerprint density at radius 2 is 1.90 bits per heavy atom. The first-order valence-electron chi connectivity index (χ1n) is 6.19. The third-order valence-electron chi connectivity index (χ3n) is 3.00. The Morgan fingerprint density at radius 1 is 1.10 bits per heavy atom. The predicted molar refractivity (Wildman–Crippen MR) is 78.4 cm³/mol. The molecule has 5 heteroatoms. The van der Waals surface area contributed by atoms with Gasteiger partial charge >= 0.3 is 0 Å². The lowest BCUT2D eigenvalue weighted by Crippen LogP contribution is -2.02. The van der Waals surface area contributed by atoms with Gasteiger partial charge in [-0.3, -0.25) is 0 Å². The summed E-state index contributed by atoms with van der Waals surface area (Å²) in [6, 6.07) is 12.4. The first-order valence-corrected chi connectivity index (χ1v) is 6.19. The number of rotatable bonds is 2. The SMILES string of the molecule is Cc1ccc(Nc2nc(N)nc3ccccc23)c(F)c1. The number of nitrogens with zero attached hydrogens (tertiary/aromatic N) is 2. The van der Waals surface area contributed by atoms with Gasteiger partial charge in [0.15, 0.2) is 0 Å². The van der Waals surface area contributed by atoms with E-state index in [2.05, 4.69) is 15.3 Å². The number of halogens is 1. The monoisotopic (exact) mass is 268 g/mol.